The summed E-state index contributed by atoms with van der Waals surface area (Å²) in [7, 11) is 0. The Kier molecular flexibility index (Phi) is 6.30. The number of nitrogens with zero attached hydrogens (tertiary/aromatic N) is 1. The van der Waals surface area contributed by atoms with Crippen LogP contribution < -0.4 is 20.9 Å². The summed E-state index contributed by atoms with van der Waals surface area (Å²) in [5.74, 6) is 0.394. The molecule has 1 aliphatic heterocycles. The van der Waals surface area contributed by atoms with Gasteiger partial charge in [0.15, 0.2) is 0 Å². The molecule has 0 bridgehead atoms. The molecule has 2 aromatic carbocycles. The fourth-order valence-corrected chi connectivity index (χ4v) is 3.22. The summed E-state index contributed by atoms with van der Waals surface area (Å²) in [4.78, 5) is 25.4. The Bertz CT molecular complexity index is 762. The summed E-state index contributed by atoms with van der Waals surface area (Å²) >= 11 is 0. The lowest BCUT2D eigenvalue weighted by Gasteiger charge is -2.18. The van der Waals surface area contributed by atoms with E-state index in [0.717, 1.165) is 30.8 Å². The Labute approximate surface area is 159 Å². The second kappa shape index (κ2) is 9.07. The Morgan fingerprint density at radius 3 is 2.48 bits per heavy atom. The summed E-state index contributed by atoms with van der Waals surface area (Å²) in [5.41, 5.74) is 2.96. The van der Waals surface area contributed by atoms with Crippen molar-refractivity contribution < 1.29 is 9.59 Å². The van der Waals surface area contributed by atoms with Gasteiger partial charge in [-0.25, -0.2) is 4.79 Å². The molecule has 6 nitrogen and oxygen atoms in total. The van der Waals surface area contributed by atoms with Crippen molar-refractivity contribution in [2.24, 2.45) is 5.92 Å². The largest absolute Gasteiger partial charge is 0.371 e. The van der Waals surface area contributed by atoms with E-state index in [9.17, 15) is 9.59 Å². The van der Waals surface area contributed by atoms with Crippen molar-refractivity contribution in [3.05, 3.63) is 60.2 Å². The highest BCUT2D eigenvalue weighted by Gasteiger charge is 2.22. The molecule has 6 heteroatoms. The first-order valence-corrected chi connectivity index (χ1v) is 9.28. The van der Waals surface area contributed by atoms with Crippen LogP contribution in [0.5, 0.6) is 0 Å². The van der Waals surface area contributed by atoms with E-state index in [-0.39, 0.29) is 11.9 Å². The molecule has 0 aliphatic carbocycles. The Morgan fingerprint density at radius 1 is 1.04 bits per heavy atom. The number of amides is 3. The fourth-order valence-electron chi connectivity index (χ4n) is 3.22. The highest BCUT2D eigenvalue weighted by Crippen LogP contribution is 2.23. The van der Waals surface area contributed by atoms with E-state index in [4.69, 9.17) is 0 Å². The molecule has 2 aromatic rings. The van der Waals surface area contributed by atoms with Crippen molar-refractivity contribution in [1.82, 2.24) is 10.6 Å². The van der Waals surface area contributed by atoms with Gasteiger partial charge in [0, 0.05) is 44.5 Å². The minimum atomic E-state index is -0.192. The second-order valence-corrected chi connectivity index (χ2v) is 6.88. The van der Waals surface area contributed by atoms with Crippen LogP contribution in [0, 0.1) is 5.92 Å². The molecule has 142 valence electrons. The van der Waals surface area contributed by atoms with Crippen molar-refractivity contribution in [3.8, 4) is 0 Å². The Hall–Kier alpha value is -3.02. The summed E-state index contributed by atoms with van der Waals surface area (Å²) in [6.45, 7) is 4.62. The van der Waals surface area contributed by atoms with Crippen molar-refractivity contribution >= 4 is 23.3 Å². The first-order chi connectivity index (χ1) is 13.1. The van der Waals surface area contributed by atoms with Crippen LogP contribution in [0.15, 0.2) is 54.6 Å². The van der Waals surface area contributed by atoms with Crippen LogP contribution in [-0.4, -0.2) is 31.6 Å². The minimum Gasteiger partial charge on any atom is -0.371 e. The van der Waals surface area contributed by atoms with E-state index < -0.39 is 0 Å². The molecule has 1 unspecified atom stereocenters. The minimum absolute atomic E-state index is 0.0608. The van der Waals surface area contributed by atoms with Crippen molar-refractivity contribution in [1.29, 1.82) is 0 Å². The predicted molar refractivity (Wildman–Crippen MR) is 108 cm³/mol. The molecule has 1 aliphatic rings. The van der Waals surface area contributed by atoms with E-state index >= 15 is 0 Å². The van der Waals surface area contributed by atoms with Gasteiger partial charge in [0.2, 0.25) is 5.91 Å². The zero-order chi connectivity index (χ0) is 19.1. The molecule has 1 saturated heterocycles. The number of nitrogens with one attached hydrogen (secondary N) is 3. The summed E-state index contributed by atoms with van der Waals surface area (Å²) in [6.07, 6.45) is 1.08. The van der Waals surface area contributed by atoms with E-state index in [0.29, 0.717) is 19.0 Å². The van der Waals surface area contributed by atoms with Gasteiger partial charge in [-0.2, -0.15) is 0 Å². The maximum atomic E-state index is 12.1. The molecule has 3 amide bonds. The fraction of sp³-hybridized carbons (Fsp3) is 0.333. The first kappa shape index (κ1) is 18.8. The van der Waals surface area contributed by atoms with Crippen molar-refractivity contribution in [3.63, 3.8) is 0 Å². The number of anilines is 2. The van der Waals surface area contributed by atoms with Gasteiger partial charge in [0.05, 0.1) is 0 Å². The number of rotatable bonds is 6. The number of carbonyl (C=O) groups is 2. The van der Waals surface area contributed by atoms with Crippen LogP contribution in [-0.2, 0) is 11.3 Å². The van der Waals surface area contributed by atoms with Gasteiger partial charge in [-0.3, -0.25) is 4.79 Å². The maximum Gasteiger partial charge on any atom is 0.319 e. The molecular formula is C21H26N4O2. The average molecular weight is 366 g/mol. The zero-order valence-corrected chi connectivity index (χ0v) is 15.6. The molecule has 1 heterocycles. The highest BCUT2D eigenvalue weighted by atomic mass is 16.2. The molecule has 1 atom stereocenters. The lowest BCUT2D eigenvalue weighted by Crippen LogP contribution is -2.34. The lowest BCUT2D eigenvalue weighted by atomic mass is 10.1. The molecule has 0 aromatic heterocycles. The second-order valence-electron chi connectivity index (χ2n) is 6.88. The van der Waals surface area contributed by atoms with Crippen LogP contribution in [0.1, 0.15) is 18.9 Å². The highest BCUT2D eigenvalue weighted by molar-refractivity contribution is 5.89. The molecule has 0 saturated carbocycles. The summed E-state index contributed by atoms with van der Waals surface area (Å²) in [6, 6.07) is 17.6. The van der Waals surface area contributed by atoms with Crippen molar-refractivity contribution in [2.75, 3.05) is 29.9 Å². The van der Waals surface area contributed by atoms with E-state index in [1.54, 1.807) is 0 Å². The molecule has 3 N–H and O–H groups in total. The van der Waals surface area contributed by atoms with Crippen LogP contribution in [0.2, 0.25) is 0 Å². The third-order valence-corrected chi connectivity index (χ3v) is 4.71. The lowest BCUT2D eigenvalue weighted by molar-refractivity contribution is -0.119. The number of hydrogen-bond donors (Lipinski definition) is 3. The number of hydrogen-bond acceptors (Lipinski definition) is 3. The number of benzene rings is 2. The molecule has 0 spiro atoms. The maximum absolute atomic E-state index is 12.1. The smallest absolute Gasteiger partial charge is 0.319 e. The normalized spacial score (nSPS) is 16.0. The monoisotopic (exact) mass is 366 g/mol. The number of para-hydroxylation sites is 1. The predicted octanol–water partition coefficient (Wildman–Crippen LogP) is 2.97. The topological polar surface area (TPSA) is 73.5 Å². The molecule has 0 radical (unpaired) electrons. The molecule has 1 fully saturated rings. The van der Waals surface area contributed by atoms with Crippen LogP contribution in [0.25, 0.3) is 0 Å². The molecule has 27 heavy (non-hydrogen) atoms. The standard InChI is InChI=1S/C21H26N4O2/c1-16(26)22-13-17-7-9-19(10-8-17)24-21(27)23-14-18-11-12-25(15-18)20-5-3-2-4-6-20/h2-10,18H,11-15H2,1H3,(H,22,26)(H2,23,24,27). The third kappa shape index (κ3) is 5.74. The quantitative estimate of drug-likeness (QED) is 0.736. The van der Waals surface area contributed by atoms with Crippen molar-refractivity contribution in [2.45, 2.75) is 19.9 Å². The van der Waals surface area contributed by atoms with Gasteiger partial charge < -0.3 is 20.9 Å². The zero-order valence-electron chi connectivity index (χ0n) is 15.6. The van der Waals surface area contributed by atoms with Gasteiger partial charge in [-0.1, -0.05) is 30.3 Å². The van der Waals surface area contributed by atoms with Gasteiger partial charge in [0.1, 0.15) is 0 Å². The van der Waals surface area contributed by atoms with E-state index in [2.05, 4.69) is 45.1 Å². The van der Waals surface area contributed by atoms with Gasteiger partial charge in [-0.05, 0) is 42.2 Å². The van der Waals surface area contributed by atoms with E-state index in [1.807, 2.05) is 30.3 Å². The Morgan fingerprint density at radius 2 is 1.78 bits per heavy atom. The van der Waals surface area contributed by atoms with E-state index in [1.165, 1.54) is 12.6 Å². The SMILES string of the molecule is CC(=O)NCc1ccc(NC(=O)NCC2CCN(c3ccccc3)C2)cc1. The van der Waals surface area contributed by atoms with Crippen LogP contribution in [0.4, 0.5) is 16.2 Å². The molecule has 3 rings (SSSR count). The summed E-state index contributed by atoms with van der Waals surface area (Å²) < 4.78 is 0. The van der Waals surface area contributed by atoms with Gasteiger partial charge in [-0.15, -0.1) is 0 Å². The van der Waals surface area contributed by atoms with Crippen LogP contribution >= 0.6 is 0 Å². The third-order valence-electron chi connectivity index (χ3n) is 4.71. The van der Waals surface area contributed by atoms with Gasteiger partial charge in [0.25, 0.3) is 0 Å². The molecular weight excluding hydrogens is 340 g/mol. The number of urea groups is 1. The first-order valence-electron chi connectivity index (χ1n) is 9.28. The van der Waals surface area contributed by atoms with Crippen LogP contribution in [0.3, 0.4) is 0 Å². The average Bonchev–Trinajstić information content (AvgIpc) is 3.16. The van der Waals surface area contributed by atoms with Gasteiger partial charge >= 0.3 is 6.03 Å². The number of carbonyl (C=O) groups excluding carboxylic acids is 2. The Balaban J connectivity index is 1.40. The summed E-state index contributed by atoms with van der Waals surface area (Å²) in [5, 5.41) is 8.56.